The summed E-state index contributed by atoms with van der Waals surface area (Å²) in [5.41, 5.74) is 12.3. The van der Waals surface area contributed by atoms with Gasteiger partial charge in [0.25, 0.3) is 0 Å². The van der Waals surface area contributed by atoms with Crippen molar-refractivity contribution in [1.82, 2.24) is 15.3 Å². The van der Waals surface area contributed by atoms with Gasteiger partial charge in [0.2, 0.25) is 5.91 Å². The van der Waals surface area contributed by atoms with Gasteiger partial charge in [-0.05, 0) is 66.3 Å². The third kappa shape index (κ3) is 4.24. The van der Waals surface area contributed by atoms with Crippen molar-refractivity contribution in [2.75, 3.05) is 13.1 Å². The Hall–Kier alpha value is -3.58. The van der Waals surface area contributed by atoms with Gasteiger partial charge in [0, 0.05) is 25.8 Å². The van der Waals surface area contributed by atoms with E-state index in [9.17, 15) is 9.18 Å². The molecule has 3 aliphatic heterocycles. The number of allylic oxidation sites excluding steroid dienone is 2. The summed E-state index contributed by atoms with van der Waals surface area (Å²) < 4.78 is 14.9. The number of amides is 1. The number of benzene rings is 2. The van der Waals surface area contributed by atoms with Crippen LogP contribution in [0.5, 0.6) is 5.75 Å². The second-order valence-electron chi connectivity index (χ2n) is 8.68. The zero-order chi connectivity index (χ0) is 22.9. The Kier molecular flexibility index (Phi) is 5.64. The molecule has 7 heteroatoms. The molecule has 0 aromatic heterocycles. The van der Waals surface area contributed by atoms with Crippen molar-refractivity contribution in [2.24, 2.45) is 5.73 Å². The van der Waals surface area contributed by atoms with Crippen LogP contribution in [0.4, 0.5) is 4.39 Å². The van der Waals surface area contributed by atoms with Crippen LogP contribution in [0.1, 0.15) is 23.6 Å². The SMILES string of the molecule is CC1=C2C(=CC=CN2Oc2ccc(CC(N)C(=O)N3CCc4ccccc4C3)cc2F)NC1. The average molecular weight is 447 g/mol. The highest BCUT2D eigenvalue weighted by Gasteiger charge is 2.27. The summed E-state index contributed by atoms with van der Waals surface area (Å²) in [5.74, 6) is -0.490. The molecule has 0 saturated heterocycles. The lowest BCUT2D eigenvalue weighted by atomic mass is 9.98. The molecule has 3 N–H and O–H groups in total. The lowest BCUT2D eigenvalue weighted by Gasteiger charge is -2.31. The number of fused-ring (bicyclic) bond motifs is 2. The number of carbonyl (C=O) groups is 1. The molecule has 0 bridgehead atoms. The zero-order valence-electron chi connectivity index (χ0n) is 18.6. The number of rotatable bonds is 5. The van der Waals surface area contributed by atoms with Crippen LogP contribution >= 0.6 is 0 Å². The second-order valence-corrected chi connectivity index (χ2v) is 8.68. The molecule has 3 heterocycles. The van der Waals surface area contributed by atoms with Gasteiger partial charge in [-0.3, -0.25) is 4.79 Å². The molecule has 170 valence electrons. The minimum atomic E-state index is -0.725. The van der Waals surface area contributed by atoms with E-state index in [0.29, 0.717) is 18.7 Å². The van der Waals surface area contributed by atoms with E-state index in [0.717, 1.165) is 35.5 Å². The lowest BCUT2D eigenvalue weighted by molar-refractivity contribution is -0.133. The summed E-state index contributed by atoms with van der Waals surface area (Å²) in [5, 5.41) is 4.86. The van der Waals surface area contributed by atoms with Gasteiger partial charge in [-0.1, -0.05) is 30.3 Å². The fourth-order valence-electron chi connectivity index (χ4n) is 4.55. The van der Waals surface area contributed by atoms with Crippen LogP contribution in [0.15, 0.2) is 77.8 Å². The van der Waals surface area contributed by atoms with Gasteiger partial charge >= 0.3 is 0 Å². The summed E-state index contributed by atoms with van der Waals surface area (Å²) in [7, 11) is 0. The Bertz CT molecular complexity index is 1190. The van der Waals surface area contributed by atoms with Crippen LogP contribution in [0.3, 0.4) is 0 Å². The standard InChI is InChI=1S/C26H27FN4O2/c1-17-15-29-23-7-4-11-31(25(17)23)33-24-9-8-18(13-21(24)27)14-22(28)26(32)30-12-10-19-5-2-3-6-20(19)16-30/h2-9,11,13,22,29H,10,12,14-16,28H2,1H3. The molecule has 0 radical (unpaired) electrons. The molecule has 1 unspecified atom stereocenters. The minimum Gasteiger partial charge on any atom is -0.379 e. The van der Waals surface area contributed by atoms with Crippen LogP contribution in [-0.4, -0.2) is 35.0 Å². The van der Waals surface area contributed by atoms with E-state index in [2.05, 4.69) is 11.4 Å². The number of hydroxylamine groups is 2. The predicted molar refractivity (Wildman–Crippen MR) is 124 cm³/mol. The van der Waals surface area contributed by atoms with Crippen LogP contribution in [0, 0.1) is 5.82 Å². The second kappa shape index (κ2) is 8.75. The van der Waals surface area contributed by atoms with Crippen LogP contribution < -0.4 is 15.9 Å². The molecule has 1 amide bonds. The van der Waals surface area contributed by atoms with Gasteiger partial charge in [-0.2, -0.15) is 5.06 Å². The van der Waals surface area contributed by atoms with Gasteiger partial charge in [0.15, 0.2) is 11.6 Å². The van der Waals surface area contributed by atoms with E-state index in [1.165, 1.54) is 11.6 Å². The maximum Gasteiger partial charge on any atom is 0.240 e. The molecule has 0 fully saturated rings. The van der Waals surface area contributed by atoms with Crippen molar-refractivity contribution in [3.05, 3.63) is 100 Å². The van der Waals surface area contributed by atoms with Crippen molar-refractivity contribution < 1.29 is 14.0 Å². The Morgan fingerprint density at radius 1 is 1.24 bits per heavy atom. The molecule has 0 aliphatic carbocycles. The molecule has 6 nitrogen and oxygen atoms in total. The van der Waals surface area contributed by atoms with Crippen molar-refractivity contribution in [1.29, 1.82) is 0 Å². The predicted octanol–water partition coefficient (Wildman–Crippen LogP) is 3.16. The maximum atomic E-state index is 14.9. The fourth-order valence-corrected chi connectivity index (χ4v) is 4.55. The lowest BCUT2D eigenvalue weighted by Crippen LogP contribution is -2.46. The van der Waals surface area contributed by atoms with E-state index >= 15 is 0 Å². The van der Waals surface area contributed by atoms with Crippen molar-refractivity contribution in [3.8, 4) is 5.75 Å². The molecule has 2 aromatic rings. The van der Waals surface area contributed by atoms with Gasteiger partial charge in [-0.15, -0.1) is 0 Å². The number of nitrogens with two attached hydrogens (primary N) is 1. The highest BCUT2D eigenvalue weighted by Crippen LogP contribution is 2.29. The normalized spacial score (nSPS) is 17.8. The monoisotopic (exact) mass is 446 g/mol. The van der Waals surface area contributed by atoms with E-state index in [1.54, 1.807) is 28.3 Å². The van der Waals surface area contributed by atoms with E-state index in [4.69, 9.17) is 10.6 Å². The van der Waals surface area contributed by atoms with Crippen molar-refractivity contribution in [2.45, 2.75) is 32.4 Å². The first-order valence-electron chi connectivity index (χ1n) is 11.2. The highest BCUT2D eigenvalue weighted by molar-refractivity contribution is 5.82. The van der Waals surface area contributed by atoms with E-state index in [-0.39, 0.29) is 18.1 Å². The fraction of sp³-hybridized carbons (Fsp3) is 0.269. The number of carbonyl (C=O) groups excluding carboxylic acids is 1. The van der Waals surface area contributed by atoms with E-state index in [1.807, 2.05) is 37.3 Å². The molecule has 0 saturated carbocycles. The summed E-state index contributed by atoms with van der Waals surface area (Å²) >= 11 is 0. The van der Waals surface area contributed by atoms with Crippen LogP contribution in [-0.2, 0) is 24.2 Å². The number of hydrogen-bond donors (Lipinski definition) is 2. The number of halogens is 1. The first-order valence-corrected chi connectivity index (χ1v) is 11.2. The van der Waals surface area contributed by atoms with Crippen LogP contribution in [0.25, 0.3) is 0 Å². The third-order valence-electron chi connectivity index (χ3n) is 6.32. The summed E-state index contributed by atoms with van der Waals surface area (Å²) in [6.07, 6.45) is 6.65. The molecule has 0 spiro atoms. The number of nitrogens with one attached hydrogen (secondary N) is 1. The molecule has 3 aliphatic rings. The van der Waals surface area contributed by atoms with Crippen molar-refractivity contribution in [3.63, 3.8) is 0 Å². The minimum absolute atomic E-state index is 0.112. The summed E-state index contributed by atoms with van der Waals surface area (Å²) in [6.45, 7) is 3.96. The van der Waals surface area contributed by atoms with Crippen molar-refractivity contribution >= 4 is 5.91 Å². The molecule has 1 atom stereocenters. The largest absolute Gasteiger partial charge is 0.379 e. The van der Waals surface area contributed by atoms with Crippen LogP contribution in [0.2, 0.25) is 0 Å². The van der Waals surface area contributed by atoms with E-state index < -0.39 is 11.9 Å². The first-order chi connectivity index (χ1) is 16.0. The Morgan fingerprint density at radius 3 is 2.88 bits per heavy atom. The molecule has 5 rings (SSSR count). The summed E-state index contributed by atoms with van der Waals surface area (Å²) in [6, 6.07) is 12.2. The Balaban J connectivity index is 1.23. The smallest absolute Gasteiger partial charge is 0.240 e. The quantitative estimate of drug-likeness (QED) is 0.738. The molecular weight excluding hydrogens is 419 g/mol. The molecule has 2 aromatic carbocycles. The Morgan fingerprint density at radius 2 is 2.06 bits per heavy atom. The summed E-state index contributed by atoms with van der Waals surface area (Å²) in [4.78, 5) is 20.5. The Labute approximate surface area is 192 Å². The van der Waals surface area contributed by atoms with Gasteiger partial charge in [0.05, 0.1) is 11.7 Å². The zero-order valence-corrected chi connectivity index (χ0v) is 18.6. The topological polar surface area (TPSA) is 70.8 Å². The number of hydrogen-bond acceptors (Lipinski definition) is 5. The highest BCUT2D eigenvalue weighted by atomic mass is 19.1. The molecule has 33 heavy (non-hydrogen) atoms. The van der Waals surface area contributed by atoms with Gasteiger partial charge < -0.3 is 20.8 Å². The van der Waals surface area contributed by atoms with Gasteiger partial charge in [-0.25, -0.2) is 4.39 Å². The molecular formula is C26H27FN4O2. The third-order valence-corrected chi connectivity index (χ3v) is 6.32. The average Bonchev–Trinajstić information content (AvgIpc) is 3.21. The maximum absolute atomic E-state index is 14.9. The number of nitrogens with zero attached hydrogens (tertiary/aromatic N) is 2. The first kappa shape index (κ1) is 21.3. The van der Waals surface area contributed by atoms with Gasteiger partial charge in [0.1, 0.15) is 5.70 Å².